The Morgan fingerprint density at radius 3 is 2.79 bits per heavy atom. The van der Waals surface area contributed by atoms with Crippen LogP contribution in [-0.4, -0.2) is 55.5 Å². The average Bonchev–Trinajstić information content (AvgIpc) is 2.73. The lowest BCUT2D eigenvalue weighted by Crippen LogP contribution is -2.56. The highest BCUT2D eigenvalue weighted by Crippen LogP contribution is 2.19. The van der Waals surface area contributed by atoms with E-state index in [-0.39, 0.29) is 30.6 Å². The molecule has 0 saturated carbocycles. The van der Waals surface area contributed by atoms with Crippen LogP contribution in [0.5, 0.6) is 0 Å². The Bertz CT molecular complexity index is 883. The number of hydrogen-bond donors (Lipinski definition) is 2. The van der Waals surface area contributed by atoms with E-state index in [1.165, 1.54) is 12.5 Å². The molecule has 0 aromatic heterocycles. The first-order valence-corrected chi connectivity index (χ1v) is 9.90. The van der Waals surface area contributed by atoms with Gasteiger partial charge in [0.25, 0.3) is 0 Å². The third-order valence-corrected chi connectivity index (χ3v) is 5.13. The van der Waals surface area contributed by atoms with Gasteiger partial charge in [0.1, 0.15) is 0 Å². The first-order chi connectivity index (χ1) is 14.1. The van der Waals surface area contributed by atoms with Gasteiger partial charge in [0.2, 0.25) is 11.8 Å². The highest BCUT2D eigenvalue weighted by Gasteiger charge is 2.31. The van der Waals surface area contributed by atoms with E-state index in [2.05, 4.69) is 50.6 Å². The number of benzene rings is 2. The van der Waals surface area contributed by atoms with Gasteiger partial charge in [-0.05, 0) is 28.8 Å². The molecule has 2 aromatic carbocycles. The van der Waals surface area contributed by atoms with E-state index in [4.69, 9.17) is 0 Å². The maximum Gasteiger partial charge on any atom is 0.305 e. The minimum atomic E-state index is -0.504. The number of nitrogens with one attached hydrogen (secondary N) is 2. The summed E-state index contributed by atoms with van der Waals surface area (Å²) in [6.45, 7) is 2.26. The van der Waals surface area contributed by atoms with Crippen LogP contribution in [0.25, 0.3) is 10.8 Å². The molecule has 0 spiro atoms. The molecule has 29 heavy (non-hydrogen) atoms. The second kappa shape index (κ2) is 10.0. The van der Waals surface area contributed by atoms with Crippen molar-refractivity contribution in [1.82, 2.24) is 15.5 Å². The highest BCUT2D eigenvalue weighted by atomic mass is 16.5. The number of piperazine rings is 1. The van der Waals surface area contributed by atoms with Crippen LogP contribution in [0.15, 0.2) is 42.5 Å². The summed E-state index contributed by atoms with van der Waals surface area (Å²) in [5.41, 5.74) is 1.11. The zero-order valence-electron chi connectivity index (χ0n) is 16.6. The van der Waals surface area contributed by atoms with Crippen LogP contribution < -0.4 is 10.6 Å². The largest absolute Gasteiger partial charge is 0.469 e. The standard InChI is InChI=1S/C22H27N3O4/c1-29-21(27)7-4-10-23-20(26)14-19-22(28)24-11-12-25(19)15-16-8-9-17-5-2-3-6-18(17)13-16/h2-3,5-6,8-9,13,19H,4,7,10-12,14-15H2,1H3,(H,23,26)(H,24,28)/t19-/m0/s1. The fraction of sp³-hybridized carbons (Fsp3) is 0.409. The molecule has 7 nitrogen and oxygen atoms in total. The molecule has 0 radical (unpaired) electrons. The minimum absolute atomic E-state index is 0.0949. The van der Waals surface area contributed by atoms with Crippen LogP contribution in [-0.2, 0) is 25.7 Å². The molecule has 0 unspecified atom stereocenters. The lowest BCUT2D eigenvalue weighted by molar-refractivity contribution is -0.140. The predicted octanol–water partition coefficient (Wildman–Crippen LogP) is 1.60. The number of carbonyl (C=O) groups excluding carboxylic acids is 3. The van der Waals surface area contributed by atoms with Crippen molar-refractivity contribution in [2.75, 3.05) is 26.7 Å². The summed E-state index contributed by atoms with van der Waals surface area (Å²) < 4.78 is 4.58. The van der Waals surface area contributed by atoms with Gasteiger partial charge in [-0.2, -0.15) is 0 Å². The smallest absolute Gasteiger partial charge is 0.305 e. The normalized spacial score (nSPS) is 17.0. The van der Waals surface area contributed by atoms with Crippen molar-refractivity contribution in [3.05, 3.63) is 48.0 Å². The van der Waals surface area contributed by atoms with Crippen LogP contribution in [0.4, 0.5) is 0 Å². The van der Waals surface area contributed by atoms with Crippen LogP contribution in [0.1, 0.15) is 24.8 Å². The van der Waals surface area contributed by atoms with E-state index in [1.54, 1.807) is 0 Å². The lowest BCUT2D eigenvalue weighted by Gasteiger charge is -2.34. The first-order valence-electron chi connectivity index (χ1n) is 9.90. The summed E-state index contributed by atoms with van der Waals surface area (Å²) in [7, 11) is 1.34. The molecule has 3 rings (SSSR count). The number of nitrogens with zero attached hydrogens (tertiary/aromatic N) is 1. The Labute approximate surface area is 170 Å². The van der Waals surface area contributed by atoms with Crippen molar-refractivity contribution < 1.29 is 19.1 Å². The topological polar surface area (TPSA) is 87.7 Å². The Morgan fingerprint density at radius 2 is 2.00 bits per heavy atom. The van der Waals surface area contributed by atoms with Crippen LogP contribution in [0, 0.1) is 0 Å². The Morgan fingerprint density at radius 1 is 1.21 bits per heavy atom. The molecule has 7 heteroatoms. The fourth-order valence-corrected chi connectivity index (χ4v) is 3.56. The van der Waals surface area contributed by atoms with E-state index >= 15 is 0 Å². The first kappa shape index (κ1) is 20.8. The number of amides is 2. The van der Waals surface area contributed by atoms with Crippen LogP contribution in [0.2, 0.25) is 0 Å². The van der Waals surface area contributed by atoms with Gasteiger partial charge in [-0.15, -0.1) is 0 Å². The van der Waals surface area contributed by atoms with Gasteiger partial charge in [0.15, 0.2) is 0 Å². The van der Waals surface area contributed by atoms with Crippen molar-refractivity contribution in [2.24, 2.45) is 0 Å². The summed E-state index contributed by atoms with van der Waals surface area (Å²) in [4.78, 5) is 37.9. The van der Waals surface area contributed by atoms with Crippen LogP contribution >= 0.6 is 0 Å². The minimum Gasteiger partial charge on any atom is -0.469 e. The molecule has 0 bridgehead atoms. The zero-order chi connectivity index (χ0) is 20.6. The van der Waals surface area contributed by atoms with Gasteiger partial charge in [-0.25, -0.2) is 0 Å². The molecule has 1 atom stereocenters. The van der Waals surface area contributed by atoms with E-state index in [9.17, 15) is 14.4 Å². The van der Waals surface area contributed by atoms with Gasteiger partial charge >= 0.3 is 5.97 Å². The number of esters is 1. The third kappa shape index (κ3) is 5.77. The Balaban J connectivity index is 1.58. The molecule has 2 aromatic rings. The number of rotatable bonds is 8. The van der Waals surface area contributed by atoms with Gasteiger partial charge in [0, 0.05) is 32.6 Å². The van der Waals surface area contributed by atoms with Gasteiger partial charge in [-0.1, -0.05) is 36.4 Å². The maximum atomic E-state index is 12.4. The van der Waals surface area contributed by atoms with E-state index in [0.29, 0.717) is 32.6 Å². The number of ether oxygens (including phenoxy) is 1. The molecule has 154 valence electrons. The van der Waals surface area contributed by atoms with Crippen molar-refractivity contribution in [3.8, 4) is 0 Å². The van der Waals surface area contributed by atoms with Crippen molar-refractivity contribution >= 4 is 28.6 Å². The monoisotopic (exact) mass is 397 g/mol. The summed E-state index contributed by atoms with van der Waals surface area (Å²) in [5.74, 6) is -0.616. The quantitative estimate of drug-likeness (QED) is 0.522. The van der Waals surface area contributed by atoms with Crippen molar-refractivity contribution in [3.63, 3.8) is 0 Å². The fourth-order valence-electron chi connectivity index (χ4n) is 3.56. The van der Waals surface area contributed by atoms with Crippen molar-refractivity contribution in [1.29, 1.82) is 0 Å². The molecule has 1 heterocycles. The highest BCUT2D eigenvalue weighted by molar-refractivity contribution is 5.89. The molecule has 2 amide bonds. The maximum absolute atomic E-state index is 12.4. The molecule has 1 aliphatic rings. The average molecular weight is 397 g/mol. The van der Waals surface area contributed by atoms with Gasteiger partial charge < -0.3 is 15.4 Å². The SMILES string of the molecule is COC(=O)CCCNC(=O)C[C@H]1C(=O)NCCN1Cc1ccc2ccccc2c1. The Hall–Kier alpha value is -2.93. The molecule has 1 saturated heterocycles. The number of methoxy groups -OCH3 is 1. The Kier molecular flexibility index (Phi) is 7.19. The molecule has 2 N–H and O–H groups in total. The number of hydrogen-bond acceptors (Lipinski definition) is 5. The summed E-state index contributed by atoms with van der Waals surface area (Å²) in [6, 6.07) is 13.9. The molecular formula is C22H27N3O4. The van der Waals surface area contributed by atoms with E-state index in [0.717, 1.165) is 10.9 Å². The number of carbonyl (C=O) groups is 3. The van der Waals surface area contributed by atoms with E-state index < -0.39 is 6.04 Å². The molecular weight excluding hydrogens is 370 g/mol. The lowest BCUT2D eigenvalue weighted by atomic mass is 10.0. The predicted molar refractivity (Wildman–Crippen MR) is 110 cm³/mol. The second-order valence-corrected chi connectivity index (χ2v) is 7.19. The molecule has 1 aliphatic heterocycles. The zero-order valence-corrected chi connectivity index (χ0v) is 16.6. The second-order valence-electron chi connectivity index (χ2n) is 7.19. The summed E-state index contributed by atoms with van der Waals surface area (Å²) >= 11 is 0. The van der Waals surface area contributed by atoms with Gasteiger partial charge in [0.05, 0.1) is 19.6 Å². The molecule has 0 aliphatic carbocycles. The van der Waals surface area contributed by atoms with E-state index in [1.807, 2.05) is 12.1 Å². The van der Waals surface area contributed by atoms with Gasteiger partial charge in [-0.3, -0.25) is 19.3 Å². The number of fused-ring (bicyclic) bond motifs is 1. The van der Waals surface area contributed by atoms with Crippen molar-refractivity contribution in [2.45, 2.75) is 31.8 Å². The molecule has 1 fully saturated rings. The summed E-state index contributed by atoms with van der Waals surface area (Å²) in [6.07, 6.45) is 0.864. The van der Waals surface area contributed by atoms with Crippen LogP contribution in [0.3, 0.4) is 0 Å². The summed E-state index contributed by atoms with van der Waals surface area (Å²) in [5, 5.41) is 7.97. The third-order valence-electron chi connectivity index (χ3n) is 5.13.